The molecule has 0 atom stereocenters. The fourth-order valence-electron chi connectivity index (χ4n) is 3.20. The molecule has 8 nitrogen and oxygen atoms in total. The highest BCUT2D eigenvalue weighted by atomic mass is 16.4. The van der Waals surface area contributed by atoms with Gasteiger partial charge in [0.05, 0.1) is 22.4 Å². The molecule has 0 aliphatic carbocycles. The van der Waals surface area contributed by atoms with Crippen LogP contribution in [-0.4, -0.2) is 27.5 Å². The van der Waals surface area contributed by atoms with E-state index >= 15 is 0 Å². The number of carbonyl (C=O) groups excluding carboxylic acids is 2. The summed E-state index contributed by atoms with van der Waals surface area (Å²) in [7, 11) is 0. The number of nitrogens with zero attached hydrogens (tertiary/aromatic N) is 1. The second-order valence-corrected chi connectivity index (χ2v) is 5.76. The van der Waals surface area contributed by atoms with Gasteiger partial charge in [-0.05, 0) is 16.8 Å². The number of rotatable bonds is 2. The van der Waals surface area contributed by atoms with Gasteiger partial charge in [0.2, 0.25) is 0 Å². The molecular weight excluding hydrogens is 338 g/mol. The molecule has 8 heteroatoms. The molecule has 1 aromatic heterocycles. The van der Waals surface area contributed by atoms with Crippen LogP contribution in [0.15, 0.2) is 47.3 Å². The molecule has 1 aliphatic heterocycles. The molecule has 1 aliphatic rings. The number of aromatic nitrogens is 1. The van der Waals surface area contributed by atoms with Crippen molar-refractivity contribution in [3.05, 3.63) is 69.5 Å². The number of aromatic carboxylic acids is 1. The largest absolute Gasteiger partial charge is 0.478 e. The van der Waals surface area contributed by atoms with Crippen LogP contribution in [-0.2, 0) is 0 Å². The number of carbonyl (C=O) groups is 3. The van der Waals surface area contributed by atoms with Crippen LogP contribution in [0.1, 0.15) is 31.1 Å². The molecule has 0 saturated carbocycles. The Morgan fingerprint density at radius 2 is 1.77 bits per heavy atom. The highest BCUT2D eigenvalue weighted by molar-refractivity contribution is 6.23. The van der Waals surface area contributed by atoms with Gasteiger partial charge in [-0.2, -0.15) is 0 Å². The third kappa shape index (κ3) is 2.02. The van der Waals surface area contributed by atoms with Crippen LogP contribution >= 0.6 is 0 Å². The van der Waals surface area contributed by atoms with Crippen molar-refractivity contribution in [2.24, 2.45) is 0 Å². The molecule has 26 heavy (non-hydrogen) atoms. The number of anilines is 1. The van der Waals surface area contributed by atoms with E-state index in [1.807, 2.05) is 0 Å². The van der Waals surface area contributed by atoms with Crippen LogP contribution in [0.5, 0.6) is 0 Å². The van der Waals surface area contributed by atoms with E-state index < -0.39 is 23.3 Å². The van der Waals surface area contributed by atoms with Crippen LogP contribution < -0.4 is 16.6 Å². The summed E-state index contributed by atoms with van der Waals surface area (Å²) in [5, 5.41) is 12.9. The highest BCUT2D eigenvalue weighted by Crippen LogP contribution is 2.28. The minimum atomic E-state index is -1.25. The van der Waals surface area contributed by atoms with Gasteiger partial charge in [0.1, 0.15) is 5.82 Å². The number of nitrogens with two attached hydrogens (primary N) is 1. The molecule has 0 bridgehead atoms. The van der Waals surface area contributed by atoms with Crippen molar-refractivity contribution in [2.75, 3.05) is 5.73 Å². The summed E-state index contributed by atoms with van der Waals surface area (Å²) >= 11 is 0. The topological polar surface area (TPSA) is 131 Å². The number of pyridine rings is 1. The number of hydrogen-bond acceptors (Lipinski definition) is 5. The summed E-state index contributed by atoms with van der Waals surface area (Å²) in [6.07, 6.45) is 0. The van der Waals surface area contributed by atoms with Crippen LogP contribution in [0.3, 0.4) is 0 Å². The van der Waals surface area contributed by atoms with E-state index in [0.29, 0.717) is 10.8 Å². The van der Waals surface area contributed by atoms with Crippen molar-refractivity contribution in [1.29, 1.82) is 0 Å². The molecule has 0 radical (unpaired) electrons. The van der Waals surface area contributed by atoms with Gasteiger partial charge in [-0.3, -0.25) is 24.3 Å². The summed E-state index contributed by atoms with van der Waals surface area (Å²) in [6, 6.07) is 10.9. The molecule has 0 unspecified atom stereocenters. The van der Waals surface area contributed by atoms with Crippen LogP contribution in [0.25, 0.3) is 16.5 Å². The molecule has 0 spiro atoms. The molecule has 2 amide bonds. The summed E-state index contributed by atoms with van der Waals surface area (Å²) in [4.78, 5) is 48.2. The second kappa shape index (κ2) is 5.28. The summed E-state index contributed by atoms with van der Waals surface area (Å²) in [5.41, 5.74) is 4.93. The zero-order chi connectivity index (χ0) is 18.6. The first-order valence-corrected chi connectivity index (χ1v) is 7.56. The van der Waals surface area contributed by atoms with E-state index in [0.717, 1.165) is 10.6 Å². The number of carboxylic acid groups (broad SMARTS) is 1. The fourth-order valence-corrected chi connectivity index (χ4v) is 3.20. The number of nitrogens with one attached hydrogen (secondary N) is 1. The first kappa shape index (κ1) is 15.6. The number of fused-ring (bicyclic) bond motifs is 2. The zero-order valence-corrected chi connectivity index (χ0v) is 13.1. The van der Waals surface area contributed by atoms with E-state index in [9.17, 15) is 24.3 Å². The summed E-state index contributed by atoms with van der Waals surface area (Å²) in [5.74, 6) is -2.97. The molecule has 4 rings (SSSR count). The molecule has 128 valence electrons. The lowest BCUT2D eigenvalue weighted by atomic mass is 10.0. The average molecular weight is 349 g/mol. The average Bonchev–Trinajstić information content (AvgIpc) is 2.88. The standard InChI is InChI=1S/C18H11N3O5/c19-15-14-10(16(23)20-17(14)24)7-12(22)21(15)11-6-5-8-3-1-2-4-9(8)13(11)18(25)26/h1-7H,19H2,(H,25,26)(H,20,23,24). The van der Waals surface area contributed by atoms with Crippen molar-refractivity contribution in [2.45, 2.75) is 0 Å². The number of imide groups is 1. The molecule has 3 aromatic rings. The van der Waals surface area contributed by atoms with Gasteiger partial charge in [0, 0.05) is 6.07 Å². The van der Waals surface area contributed by atoms with E-state index in [4.69, 9.17) is 5.73 Å². The Bertz CT molecular complexity index is 1210. The number of nitrogen functional groups attached to an aromatic ring is 1. The number of hydrogen-bond donors (Lipinski definition) is 3. The predicted octanol–water partition coefficient (Wildman–Crippen LogP) is 1.15. The van der Waals surface area contributed by atoms with Gasteiger partial charge in [0.25, 0.3) is 17.4 Å². The van der Waals surface area contributed by atoms with Crippen molar-refractivity contribution >= 4 is 34.4 Å². The lowest BCUT2D eigenvalue weighted by molar-refractivity contribution is 0.0698. The smallest absolute Gasteiger partial charge is 0.338 e. The molecule has 2 aromatic carbocycles. The van der Waals surface area contributed by atoms with Gasteiger partial charge >= 0.3 is 5.97 Å². The number of benzene rings is 2. The quantitative estimate of drug-likeness (QED) is 0.595. The monoisotopic (exact) mass is 349 g/mol. The number of amides is 2. The minimum Gasteiger partial charge on any atom is -0.478 e. The van der Waals surface area contributed by atoms with Gasteiger partial charge in [-0.1, -0.05) is 30.3 Å². The highest BCUT2D eigenvalue weighted by Gasteiger charge is 2.32. The Kier molecular flexibility index (Phi) is 3.16. The third-order valence-electron chi connectivity index (χ3n) is 4.32. The first-order valence-electron chi connectivity index (χ1n) is 7.56. The predicted molar refractivity (Wildman–Crippen MR) is 92.7 cm³/mol. The Balaban J connectivity index is 2.13. The Morgan fingerprint density at radius 1 is 1.04 bits per heavy atom. The Morgan fingerprint density at radius 3 is 2.50 bits per heavy atom. The first-order chi connectivity index (χ1) is 12.4. The van der Waals surface area contributed by atoms with E-state index in [2.05, 4.69) is 5.32 Å². The molecule has 0 fully saturated rings. The Labute approximate surface area is 145 Å². The number of carboxylic acids is 1. The minimum absolute atomic E-state index is 0.0219. The maximum atomic E-state index is 12.6. The lowest BCUT2D eigenvalue weighted by Crippen LogP contribution is -2.25. The summed E-state index contributed by atoms with van der Waals surface area (Å²) < 4.78 is 0.937. The van der Waals surface area contributed by atoms with Crippen molar-refractivity contribution in [1.82, 2.24) is 9.88 Å². The van der Waals surface area contributed by atoms with Gasteiger partial charge in [-0.15, -0.1) is 0 Å². The van der Waals surface area contributed by atoms with Crippen molar-refractivity contribution in [3.8, 4) is 5.69 Å². The van der Waals surface area contributed by atoms with E-state index in [1.54, 1.807) is 30.3 Å². The maximum absolute atomic E-state index is 12.6. The zero-order valence-electron chi connectivity index (χ0n) is 13.1. The van der Waals surface area contributed by atoms with Crippen LogP contribution in [0.4, 0.5) is 5.82 Å². The van der Waals surface area contributed by atoms with Crippen molar-refractivity contribution in [3.63, 3.8) is 0 Å². The van der Waals surface area contributed by atoms with Crippen LogP contribution in [0.2, 0.25) is 0 Å². The molecule has 4 N–H and O–H groups in total. The third-order valence-corrected chi connectivity index (χ3v) is 4.32. The van der Waals surface area contributed by atoms with Gasteiger partial charge < -0.3 is 10.8 Å². The second-order valence-electron chi connectivity index (χ2n) is 5.76. The van der Waals surface area contributed by atoms with E-state index in [1.165, 1.54) is 6.07 Å². The Hall–Kier alpha value is -3.94. The molecule has 0 saturated heterocycles. The van der Waals surface area contributed by atoms with E-state index in [-0.39, 0.29) is 28.2 Å². The molecular formula is C18H11N3O5. The fraction of sp³-hybridized carbons (Fsp3) is 0. The summed E-state index contributed by atoms with van der Waals surface area (Å²) in [6.45, 7) is 0. The van der Waals surface area contributed by atoms with Crippen molar-refractivity contribution < 1.29 is 19.5 Å². The normalized spacial score (nSPS) is 12.9. The SMILES string of the molecule is Nc1c2c(cc(=O)n1-c1ccc3ccccc3c1C(=O)O)C(=O)NC2=O. The van der Waals surface area contributed by atoms with Crippen LogP contribution in [0, 0.1) is 0 Å². The lowest BCUT2D eigenvalue weighted by Gasteiger charge is -2.15. The van der Waals surface area contributed by atoms with Gasteiger partial charge in [-0.25, -0.2) is 4.79 Å². The molecule has 2 heterocycles. The van der Waals surface area contributed by atoms with Gasteiger partial charge in [0.15, 0.2) is 0 Å². The maximum Gasteiger partial charge on any atom is 0.338 e.